The van der Waals surface area contributed by atoms with Crippen LogP contribution in [0.4, 0.5) is 0 Å². The Bertz CT molecular complexity index is 1430. The summed E-state index contributed by atoms with van der Waals surface area (Å²) in [4.78, 5) is 28.5. The van der Waals surface area contributed by atoms with Crippen LogP contribution in [-0.2, 0) is 16.0 Å². The Kier molecular flexibility index (Phi) is 8.77. The van der Waals surface area contributed by atoms with E-state index in [1.165, 1.54) is 4.90 Å². The Balaban J connectivity index is 1.58. The van der Waals surface area contributed by atoms with E-state index in [-0.39, 0.29) is 17.9 Å². The van der Waals surface area contributed by atoms with E-state index in [9.17, 15) is 14.7 Å². The van der Waals surface area contributed by atoms with Gasteiger partial charge in [-0.3, -0.25) is 9.59 Å². The number of amides is 1. The van der Waals surface area contributed by atoms with Gasteiger partial charge in [0.2, 0.25) is 0 Å². The predicted octanol–water partition coefficient (Wildman–Crippen LogP) is 5.70. The summed E-state index contributed by atoms with van der Waals surface area (Å²) in [7, 11) is 0. The van der Waals surface area contributed by atoms with Crippen LogP contribution in [0.5, 0.6) is 23.0 Å². The van der Waals surface area contributed by atoms with Gasteiger partial charge >= 0.3 is 0 Å². The van der Waals surface area contributed by atoms with Crippen molar-refractivity contribution in [3.8, 4) is 23.0 Å². The zero-order valence-corrected chi connectivity index (χ0v) is 23.4. The van der Waals surface area contributed by atoms with E-state index >= 15 is 0 Å². The molecule has 8 heteroatoms. The Morgan fingerprint density at radius 3 is 2.46 bits per heavy atom. The minimum atomic E-state index is -0.823. The molecule has 2 aliphatic heterocycles. The van der Waals surface area contributed by atoms with Gasteiger partial charge in [0.1, 0.15) is 19.0 Å². The summed E-state index contributed by atoms with van der Waals surface area (Å²) in [5.74, 6) is 0.484. The molecule has 1 amide bonds. The molecule has 214 valence electrons. The number of rotatable bonds is 11. The molecule has 0 radical (unpaired) electrons. The maximum Gasteiger partial charge on any atom is 0.295 e. The first-order chi connectivity index (χ1) is 20.0. The van der Waals surface area contributed by atoms with Crippen LogP contribution in [0.25, 0.3) is 5.76 Å². The van der Waals surface area contributed by atoms with Crippen LogP contribution in [-0.4, -0.2) is 54.7 Å². The van der Waals surface area contributed by atoms with Crippen LogP contribution in [0, 0.1) is 0 Å². The maximum atomic E-state index is 13.5. The molecule has 0 spiro atoms. The molecule has 3 aromatic carbocycles. The number of likely N-dealkylation sites (tertiary alicyclic amines) is 1. The standard InChI is InChI=1S/C33H35NO7/c1-3-5-17-39-25-13-11-23(20-27(25)38-4-2)30-29(31(35)24-12-14-26-28(21-24)41-19-18-40-26)32(36)33(37)34(30)16-15-22-9-7-6-8-10-22/h6-14,20-21,30,35H,3-5,15-19H2,1-2H3/b31-29+/t30-/m1/s1. The summed E-state index contributed by atoms with van der Waals surface area (Å²) in [6.07, 6.45) is 2.45. The highest BCUT2D eigenvalue weighted by atomic mass is 16.6. The molecule has 5 rings (SSSR count). The fourth-order valence-electron chi connectivity index (χ4n) is 5.11. The molecule has 1 N–H and O–H groups in total. The monoisotopic (exact) mass is 557 g/mol. The molecule has 0 aliphatic carbocycles. The quantitative estimate of drug-likeness (QED) is 0.140. The number of carbonyl (C=O) groups excluding carboxylic acids is 2. The van der Waals surface area contributed by atoms with Gasteiger partial charge in [0.25, 0.3) is 11.7 Å². The molecule has 0 saturated carbocycles. The zero-order valence-electron chi connectivity index (χ0n) is 23.4. The largest absolute Gasteiger partial charge is 0.507 e. The molecule has 41 heavy (non-hydrogen) atoms. The van der Waals surface area contributed by atoms with Crippen molar-refractivity contribution in [3.63, 3.8) is 0 Å². The van der Waals surface area contributed by atoms with Gasteiger partial charge in [-0.2, -0.15) is 0 Å². The molecule has 3 aromatic rings. The lowest BCUT2D eigenvalue weighted by Gasteiger charge is -2.26. The number of hydrogen-bond donors (Lipinski definition) is 1. The number of aliphatic hydroxyl groups is 1. The SMILES string of the molecule is CCCCOc1ccc([C@@H]2/C(=C(\O)c3ccc4c(c3)OCCO4)C(=O)C(=O)N2CCc2ccccc2)cc1OCC. The molecule has 1 atom stereocenters. The number of benzene rings is 3. The molecule has 0 aromatic heterocycles. The first-order valence-electron chi connectivity index (χ1n) is 14.1. The first kappa shape index (κ1) is 28.1. The second-order valence-corrected chi connectivity index (χ2v) is 9.93. The van der Waals surface area contributed by atoms with Gasteiger partial charge in [-0.15, -0.1) is 0 Å². The Hall–Kier alpha value is -4.46. The highest BCUT2D eigenvalue weighted by molar-refractivity contribution is 6.46. The van der Waals surface area contributed by atoms with E-state index in [1.807, 2.05) is 43.3 Å². The average Bonchev–Trinajstić information content (AvgIpc) is 3.26. The van der Waals surface area contributed by atoms with Crippen LogP contribution in [0.1, 0.15) is 49.4 Å². The van der Waals surface area contributed by atoms with Gasteiger partial charge in [0, 0.05) is 12.1 Å². The summed E-state index contributed by atoms with van der Waals surface area (Å²) in [5, 5.41) is 11.5. The lowest BCUT2D eigenvalue weighted by molar-refractivity contribution is -0.139. The van der Waals surface area contributed by atoms with Crippen molar-refractivity contribution in [2.24, 2.45) is 0 Å². The van der Waals surface area contributed by atoms with Crippen molar-refractivity contribution in [2.45, 2.75) is 39.2 Å². The van der Waals surface area contributed by atoms with Crippen molar-refractivity contribution >= 4 is 17.4 Å². The van der Waals surface area contributed by atoms with E-state index < -0.39 is 17.7 Å². The summed E-state index contributed by atoms with van der Waals surface area (Å²) in [5.41, 5.74) is 2.06. The summed E-state index contributed by atoms with van der Waals surface area (Å²) in [6.45, 7) is 6.05. The summed E-state index contributed by atoms with van der Waals surface area (Å²) in [6, 6.07) is 19.4. The Morgan fingerprint density at radius 2 is 1.71 bits per heavy atom. The second kappa shape index (κ2) is 12.8. The van der Waals surface area contributed by atoms with E-state index in [0.29, 0.717) is 67.0 Å². The number of unbranched alkanes of at least 4 members (excludes halogenated alkanes) is 1. The number of ether oxygens (including phenoxy) is 4. The predicted molar refractivity (Wildman–Crippen MR) is 155 cm³/mol. The number of ketones is 1. The number of fused-ring (bicyclic) bond motifs is 1. The summed E-state index contributed by atoms with van der Waals surface area (Å²) < 4.78 is 23.2. The van der Waals surface area contributed by atoms with Gasteiger partial charge < -0.3 is 29.0 Å². The third kappa shape index (κ3) is 6.01. The average molecular weight is 558 g/mol. The van der Waals surface area contributed by atoms with Crippen LogP contribution >= 0.6 is 0 Å². The number of aliphatic hydroxyl groups excluding tert-OH is 1. The number of hydrogen-bond acceptors (Lipinski definition) is 7. The van der Waals surface area contributed by atoms with E-state index in [4.69, 9.17) is 18.9 Å². The van der Waals surface area contributed by atoms with Crippen molar-refractivity contribution < 1.29 is 33.6 Å². The Morgan fingerprint density at radius 1 is 0.927 bits per heavy atom. The number of nitrogens with zero attached hydrogens (tertiary/aromatic N) is 1. The van der Waals surface area contributed by atoms with Crippen LogP contribution in [0.2, 0.25) is 0 Å². The van der Waals surface area contributed by atoms with Gasteiger partial charge in [-0.25, -0.2) is 0 Å². The van der Waals surface area contributed by atoms with E-state index in [1.54, 1.807) is 30.3 Å². The van der Waals surface area contributed by atoms with Crippen LogP contribution in [0.3, 0.4) is 0 Å². The van der Waals surface area contributed by atoms with Crippen molar-refractivity contribution in [2.75, 3.05) is 33.0 Å². The van der Waals surface area contributed by atoms with Crippen molar-refractivity contribution in [3.05, 3.63) is 89.0 Å². The van der Waals surface area contributed by atoms with Gasteiger partial charge in [-0.05, 0) is 61.2 Å². The fraction of sp³-hybridized carbons (Fsp3) is 0.333. The highest BCUT2D eigenvalue weighted by Gasteiger charge is 2.46. The van der Waals surface area contributed by atoms with Crippen LogP contribution in [0.15, 0.2) is 72.3 Å². The Labute approximate surface area is 240 Å². The molecular weight excluding hydrogens is 522 g/mol. The first-order valence-corrected chi connectivity index (χ1v) is 14.1. The molecule has 1 fully saturated rings. The highest BCUT2D eigenvalue weighted by Crippen LogP contribution is 2.43. The second-order valence-electron chi connectivity index (χ2n) is 9.93. The minimum Gasteiger partial charge on any atom is -0.507 e. The van der Waals surface area contributed by atoms with E-state index in [2.05, 4.69) is 6.92 Å². The summed E-state index contributed by atoms with van der Waals surface area (Å²) >= 11 is 0. The third-order valence-electron chi connectivity index (χ3n) is 7.18. The lowest BCUT2D eigenvalue weighted by atomic mass is 9.94. The van der Waals surface area contributed by atoms with Gasteiger partial charge in [0.05, 0.1) is 24.8 Å². The molecular formula is C33H35NO7. The van der Waals surface area contributed by atoms with E-state index in [0.717, 1.165) is 18.4 Å². The fourth-order valence-corrected chi connectivity index (χ4v) is 5.11. The minimum absolute atomic E-state index is 0.0156. The molecule has 1 saturated heterocycles. The topological polar surface area (TPSA) is 94.5 Å². The molecule has 0 bridgehead atoms. The zero-order chi connectivity index (χ0) is 28.8. The molecule has 8 nitrogen and oxygen atoms in total. The van der Waals surface area contributed by atoms with Gasteiger partial charge in [0.15, 0.2) is 23.0 Å². The molecule has 2 aliphatic rings. The number of Topliss-reactive ketones (excluding diaryl/α,β-unsaturated/α-hetero) is 1. The third-order valence-corrected chi connectivity index (χ3v) is 7.18. The van der Waals surface area contributed by atoms with Crippen molar-refractivity contribution in [1.29, 1.82) is 0 Å². The molecule has 0 unspecified atom stereocenters. The van der Waals surface area contributed by atoms with Gasteiger partial charge in [-0.1, -0.05) is 49.7 Å². The van der Waals surface area contributed by atoms with Crippen molar-refractivity contribution in [1.82, 2.24) is 4.90 Å². The maximum absolute atomic E-state index is 13.5. The number of carbonyl (C=O) groups is 2. The molecule has 2 heterocycles. The normalized spacial score (nSPS) is 17.5. The van der Waals surface area contributed by atoms with Crippen LogP contribution < -0.4 is 18.9 Å². The smallest absolute Gasteiger partial charge is 0.295 e. The lowest BCUT2D eigenvalue weighted by Crippen LogP contribution is -2.31.